The van der Waals surface area contributed by atoms with Gasteiger partial charge in [0.1, 0.15) is 30.8 Å². The number of rotatable bonds is 33. The molecule has 1 aliphatic heterocycles. The maximum absolute atomic E-state index is 13.5. The van der Waals surface area contributed by atoms with Crippen LogP contribution >= 0.6 is 21.6 Å². The number of Topliss-reactive ketones (excluding diaryl/α,β-unsaturated/α-hetero) is 2. The van der Waals surface area contributed by atoms with Gasteiger partial charge in [-0.15, -0.1) is 0 Å². The molecule has 1 fully saturated rings. The smallest absolute Gasteiger partial charge is 0.326 e. The van der Waals surface area contributed by atoms with Crippen LogP contribution in [-0.4, -0.2) is 165 Å². The maximum Gasteiger partial charge on any atom is 0.326 e. The van der Waals surface area contributed by atoms with E-state index in [0.717, 1.165) is 5.56 Å². The Labute approximate surface area is 398 Å². The third-order valence-corrected chi connectivity index (χ3v) is 12.5. The number of carboxylic acids is 1. The van der Waals surface area contributed by atoms with E-state index >= 15 is 0 Å². The second-order valence-electron chi connectivity index (χ2n) is 15.5. The van der Waals surface area contributed by atoms with E-state index in [1.54, 1.807) is 19.1 Å². The molecule has 0 saturated carbocycles. The average Bonchev–Trinajstić information content (AvgIpc) is 3.31. The number of carbonyl (C=O) groups is 9. The highest BCUT2D eigenvalue weighted by molar-refractivity contribution is 8.76. The Kier molecular flexibility index (Phi) is 30.0. The highest BCUT2D eigenvalue weighted by atomic mass is 33.1. The first-order valence-corrected chi connectivity index (χ1v) is 24.6. The third-order valence-electron chi connectivity index (χ3n) is 10.0. The number of ketones is 2. The summed E-state index contributed by atoms with van der Waals surface area (Å²) in [6.45, 7) is 2.87. The number of phenolic OH excluding ortho intramolecular Hbond substituents is 1. The summed E-state index contributed by atoms with van der Waals surface area (Å²) in [7, 11) is 2.66. The van der Waals surface area contributed by atoms with Crippen molar-refractivity contribution in [2.75, 3.05) is 84.0 Å². The van der Waals surface area contributed by atoms with E-state index in [1.165, 1.54) is 33.7 Å². The summed E-state index contributed by atoms with van der Waals surface area (Å²) < 4.78 is 21.3. The van der Waals surface area contributed by atoms with E-state index in [2.05, 4.69) is 26.6 Å². The first-order chi connectivity index (χ1) is 32.1. The van der Waals surface area contributed by atoms with Gasteiger partial charge < -0.3 is 67.2 Å². The second-order valence-corrected chi connectivity index (χ2v) is 18.0. The molecule has 5 atom stereocenters. The number of benzene rings is 1. The third kappa shape index (κ3) is 26.9. The molecule has 11 N–H and O–H groups in total. The first kappa shape index (κ1) is 58.3. The van der Waals surface area contributed by atoms with E-state index < -0.39 is 53.7 Å². The minimum Gasteiger partial charge on any atom is -0.508 e. The van der Waals surface area contributed by atoms with Gasteiger partial charge in [0.05, 0.1) is 51.7 Å². The number of nitrogens with one attached hydrogen (secondary N) is 5. The van der Waals surface area contributed by atoms with E-state index in [-0.39, 0.29) is 164 Å². The predicted molar refractivity (Wildman–Crippen MR) is 247 cm³/mol. The van der Waals surface area contributed by atoms with Crippen LogP contribution in [0.5, 0.6) is 5.75 Å². The molecule has 1 aromatic rings. The fourth-order valence-electron chi connectivity index (χ4n) is 6.19. The lowest BCUT2D eigenvalue weighted by Gasteiger charge is -2.22. The molecule has 1 unspecified atom stereocenters. The van der Waals surface area contributed by atoms with Crippen LogP contribution in [-0.2, 0) is 68.5 Å². The Morgan fingerprint density at radius 2 is 1.37 bits per heavy atom. The molecule has 24 heteroatoms. The molecule has 0 aliphatic carbocycles. The number of aliphatic carboxylic acids is 1. The number of carbonyl (C=O) groups excluding carboxylic acids is 8. The van der Waals surface area contributed by atoms with Gasteiger partial charge in [-0.1, -0.05) is 40.6 Å². The monoisotopic (exact) mass is 985 g/mol. The Balaban J connectivity index is 1.55. The SMILES string of the molecule is CCC(=O)NC(CCC(=O)NCCOCCOCC(=O)NCCOCCOCC(=O)NCCCC[C@@H]1NC(=O)[C@@H](N)CSSC[C@@H](C(=O)C[C@@H](Cc2ccc(O)cc2)C(N)=O)CC1=O)C(=O)O. The fourth-order valence-corrected chi connectivity index (χ4v) is 8.65. The van der Waals surface area contributed by atoms with Crippen LogP contribution in [0.25, 0.3) is 0 Å². The molecule has 0 spiro atoms. The zero-order valence-corrected chi connectivity index (χ0v) is 39.6. The Hall–Kier alpha value is -4.85. The van der Waals surface area contributed by atoms with Crippen LogP contribution in [0.3, 0.4) is 0 Å². The molecular weight excluding hydrogens is 919 g/mol. The van der Waals surface area contributed by atoms with Crippen molar-refractivity contribution in [2.45, 2.75) is 82.8 Å². The lowest BCUT2D eigenvalue weighted by molar-refractivity contribution is -0.142. The molecule has 67 heavy (non-hydrogen) atoms. The molecule has 2 rings (SSSR count). The van der Waals surface area contributed by atoms with Crippen molar-refractivity contribution in [1.82, 2.24) is 26.6 Å². The summed E-state index contributed by atoms with van der Waals surface area (Å²) in [6, 6.07) is 3.35. The molecule has 0 aromatic heterocycles. The summed E-state index contributed by atoms with van der Waals surface area (Å²) in [5, 5.41) is 31.8. The van der Waals surface area contributed by atoms with E-state index in [4.69, 9.17) is 35.5 Å². The van der Waals surface area contributed by atoms with Crippen molar-refractivity contribution in [3.63, 3.8) is 0 Å². The molecule has 1 saturated heterocycles. The summed E-state index contributed by atoms with van der Waals surface area (Å²) in [6.07, 6.45) is 1.11. The van der Waals surface area contributed by atoms with Gasteiger partial charge in [0.15, 0.2) is 5.78 Å². The number of carboxylic acid groups (broad SMARTS) is 1. The Bertz CT molecular complexity index is 1740. The number of ether oxygens (including phenoxy) is 4. The zero-order chi connectivity index (χ0) is 49.4. The lowest BCUT2D eigenvalue weighted by atomic mass is 9.87. The molecule has 0 bridgehead atoms. The summed E-state index contributed by atoms with van der Waals surface area (Å²) in [5.74, 6) is -5.39. The van der Waals surface area contributed by atoms with Crippen molar-refractivity contribution < 1.29 is 72.3 Å². The molecule has 376 valence electrons. The molecule has 1 aliphatic rings. The van der Waals surface area contributed by atoms with Crippen LogP contribution in [0.2, 0.25) is 0 Å². The van der Waals surface area contributed by atoms with E-state index in [0.29, 0.717) is 12.8 Å². The van der Waals surface area contributed by atoms with Gasteiger partial charge in [-0.05, 0) is 49.8 Å². The highest BCUT2D eigenvalue weighted by Gasteiger charge is 2.32. The molecule has 22 nitrogen and oxygen atoms in total. The zero-order valence-electron chi connectivity index (χ0n) is 37.9. The lowest BCUT2D eigenvalue weighted by Crippen LogP contribution is -2.49. The van der Waals surface area contributed by atoms with Crippen molar-refractivity contribution in [2.24, 2.45) is 23.3 Å². The van der Waals surface area contributed by atoms with E-state index in [9.17, 15) is 48.3 Å². The average molecular weight is 986 g/mol. The summed E-state index contributed by atoms with van der Waals surface area (Å²) >= 11 is 0. The fraction of sp³-hybridized carbons (Fsp3) is 0.651. The van der Waals surface area contributed by atoms with Gasteiger partial charge in [-0.3, -0.25) is 38.4 Å². The van der Waals surface area contributed by atoms with E-state index in [1.807, 2.05) is 0 Å². The van der Waals surface area contributed by atoms with Crippen LogP contribution < -0.4 is 38.1 Å². The molecule has 0 radical (unpaired) electrons. The molecular formula is C43H67N7O15S2. The number of hydrogen-bond acceptors (Lipinski definition) is 17. The van der Waals surface area contributed by atoms with Crippen LogP contribution in [0.15, 0.2) is 24.3 Å². The van der Waals surface area contributed by atoms with Crippen molar-refractivity contribution in [3.8, 4) is 5.75 Å². The Morgan fingerprint density at radius 3 is 1.97 bits per heavy atom. The van der Waals surface area contributed by atoms with Crippen LogP contribution in [0.4, 0.5) is 0 Å². The van der Waals surface area contributed by atoms with Gasteiger partial charge in [-0.25, -0.2) is 4.79 Å². The van der Waals surface area contributed by atoms with Gasteiger partial charge >= 0.3 is 5.97 Å². The summed E-state index contributed by atoms with van der Waals surface area (Å²) in [4.78, 5) is 111. The maximum atomic E-state index is 13.5. The van der Waals surface area contributed by atoms with Crippen LogP contribution in [0, 0.1) is 11.8 Å². The second kappa shape index (κ2) is 34.4. The highest BCUT2D eigenvalue weighted by Crippen LogP contribution is 2.29. The van der Waals surface area contributed by atoms with Crippen molar-refractivity contribution in [3.05, 3.63) is 29.8 Å². The van der Waals surface area contributed by atoms with Crippen molar-refractivity contribution in [1.29, 1.82) is 0 Å². The number of hydrogen-bond donors (Lipinski definition) is 9. The normalized spacial score (nSPS) is 17.5. The largest absolute Gasteiger partial charge is 0.508 e. The van der Waals surface area contributed by atoms with Gasteiger partial charge in [0.2, 0.25) is 35.4 Å². The van der Waals surface area contributed by atoms with Gasteiger partial charge in [0, 0.05) is 68.7 Å². The number of phenols is 1. The number of amides is 6. The molecule has 1 heterocycles. The van der Waals surface area contributed by atoms with Gasteiger partial charge in [-0.2, -0.15) is 0 Å². The quantitative estimate of drug-likeness (QED) is 0.0305. The van der Waals surface area contributed by atoms with Gasteiger partial charge in [0.25, 0.3) is 0 Å². The number of unbranched alkanes of at least 4 members (excludes halogenated alkanes) is 1. The minimum atomic E-state index is -1.21. The number of nitrogens with two attached hydrogens (primary N) is 2. The minimum absolute atomic E-state index is 0.0434. The molecule has 6 amide bonds. The molecule has 1 aromatic carbocycles. The number of primary amides is 1. The topological polar surface area (TPSA) is 343 Å². The van der Waals surface area contributed by atoms with Crippen LogP contribution in [0.1, 0.15) is 63.9 Å². The predicted octanol–water partition coefficient (Wildman–Crippen LogP) is -0.877. The number of aromatic hydroxyl groups is 1. The Morgan fingerprint density at radius 1 is 0.791 bits per heavy atom. The van der Waals surface area contributed by atoms with Crippen molar-refractivity contribution >= 4 is 74.6 Å². The summed E-state index contributed by atoms with van der Waals surface area (Å²) in [5.41, 5.74) is 12.4. The first-order valence-electron chi connectivity index (χ1n) is 22.2. The standard InChI is InChI=1S/C43H67N7O15S2/c1-2-37(54)49-34(43(60)61)10-11-38(55)47-13-15-62-17-20-65-25-40(57)48-14-16-63-18-19-64-24-39(56)46-12-4-3-5-33-36(53)23-30(26-66-67-27-32(44)42(59)50-33)35(52)22-29(41(45)58)21-28-6-8-31(51)9-7-28/h6-9,29-30,32-34,51H,2-5,10-27,44H2,1H3,(H2,45,58)(H,46,56)(H,47,55)(H,48,57)(H,49,54)(H,50,59)(H,60,61)/t29-,30+,32+,33+,34?/m1/s1.